The van der Waals surface area contributed by atoms with Crippen molar-refractivity contribution in [3.05, 3.63) is 6.07 Å². The van der Waals surface area contributed by atoms with Crippen LogP contribution in [0.2, 0.25) is 0 Å². The molecule has 3 aliphatic heterocycles. The molecule has 0 spiro atoms. The summed E-state index contributed by atoms with van der Waals surface area (Å²) in [5, 5.41) is 7.07. The molecule has 30 heavy (non-hydrogen) atoms. The van der Waals surface area contributed by atoms with Crippen LogP contribution in [0.1, 0.15) is 52.4 Å². The first-order chi connectivity index (χ1) is 14.6. The Labute approximate surface area is 186 Å². The number of ether oxygens (including phenoxy) is 1. The number of hydrogen-bond acceptors (Lipinski definition) is 6. The third-order valence-corrected chi connectivity index (χ3v) is 6.77. The number of aromatic nitrogens is 2. The van der Waals surface area contributed by atoms with Crippen molar-refractivity contribution >= 4 is 34.9 Å². The Morgan fingerprint density at radius 3 is 2.50 bits per heavy atom. The van der Waals surface area contributed by atoms with Crippen LogP contribution in [-0.2, 0) is 4.74 Å². The van der Waals surface area contributed by atoms with Crippen molar-refractivity contribution in [1.82, 2.24) is 15.3 Å². The quantitative estimate of drug-likeness (QED) is 0.686. The second kappa shape index (κ2) is 10.1. The maximum atomic E-state index is 5.67. The first-order valence-electron chi connectivity index (χ1n) is 11.6. The zero-order valence-corrected chi connectivity index (χ0v) is 19.2. The largest absolute Gasteiger partial charge is 0.376 e. The molecule has 7 nitrogen and oxygen atoms in total. The number of rotatable bonds is 5. The van der Waals surface area contributed by atoms with Crippen molar-refractivity contribution in [3.63, 3.8) is 0 Å². The molecule has 2 unspecified atom stereocenters. The highest BCUT2D eigenvalue weighted by Crippen LogP contribution is 2.28. The second-order valence-corrected chi connectivity index (χ2v) is 9.65. The van der Waals surface area contributed by atoms with E-state index in [9.17, 15) is 0 Å². The van der Waals surface area contributed by atoms with E-state index in [4.69, 9.17) is 26.9 Å². The first-order valence-corrected chi connectivity index (χ1v) is 12.0. The van der Waals surface area contributed by atoms with Crippen molar-refractivity contribution in [1.29, 1.82) is 0 Å². The van der Waals surface area contributed by atoms with Gasteiger partial charge < -0.3 is 25.2 Å². The van der Waals surface area contributed by atoms with E-state index in [1.54, 1.807) is 0 Å². The summed E-state index contributed by atoms with van der Waals surface area (Å²) in [5.74, 6) is 4.09. The minimum atomic E-state index is 0.248. The minimum Gasteiger partial charge on any atom is -0.376 e. The van der Waals surface area contributed by atoms with E-state index in [1.807, 2.05) is 0 Å². The fraction of sp³-hybridized carbons (Fsp3) is 0.773. The molecule has 0 aromatic carbocycles. The summed E-state index contributed by atoms with van der Waals surface area (Å²) in [7, 11) is 0. The summed E-state index contributed by atoms with van der Waals surface area (Å²) in [5.41, 5.74) is 0. The fourth-order valence-electron chi connectivity index (χ4n) is 4.59. The monoisotopic (exact) mass is 432 g/mol. The van der Waals surface area contributed by atoms with Gasteiger partial charge in [0.2, 0.25) is 5.95 Å². The van der Waals surface area contributed by atoms with Gasteiger partial charge in [0.15, 0.2) is 5.11 Å². The summed E-state index contributed by atoms with van der Waals surface area (Å²) in [6.07, 6.45) is 7.40. The average Bonchev–Trinajstić information content (AvgIpc) is 3.26. The predicted molar refractivity (Wildman–Crippen MR) is 126 cm³/mol. The molecule has 4 heterocycles. The van der Waals surface area contributed by atoms with Crippen molar-refractivity contribution in [2.24, 2.45) is 11.8 Å². The highest BCUT2D eigenvalue weighted by molar-refractivity contribution is 7.80. The van der Waals surface area contributed by atoms with E-state index in [2.05, 4.69) is 40.3 Å². The van der Waals surface area contributed by atoms with E-state index < -0.39 is 0 Å². The normalized spacial score (nSPS) is 25.4. The maximum Gasteiger partial charge on any atom is 0.232 e. The van der Waals surface area contributed by atoms with Crippen LogP contribution in [0.5, 0.6) is 0 Å². The molecular weight excluding hydrogens is 396 g/mol. The Morgan fingerprint density at radius 1 is 1.03 bits per heavy atom. The van der Waals surface area contributed by atoms with Gasteiger partial charge in [-0.25, -0.2) is 0 Å². The minimum absolute atomic E-state index is 0.248. The summed E-state index contributed by atoms with van der Waals surface area (Å²) in [6.45, 7) is 10.4. The molecular formula is C22H36N6OS. The van der Waals surface area contributed by atoms with Crippen LogP contribution in [0.3, 0.4) is 0 Å². The topological polar surface area (TPSA) is 65.5 Å². The van der Waals surface area contributed by atoms with Gasteiger partial charge in [0.1, 0.15) is 11.6 Å². The van der Waals surface area contributed by atoms with Crippen molar-refractivity contribution < 1.29 is 4.74 Å². The van der Waals surface area contributed by atoms with Gasteiger partial charge in [0.05, 0.1) is 6.10 Å². The number of piperidine rings is 2. The van der Waals surface area contributed by atoms with Crippen LogP contribution < -0.4 is 20.4 Å². The number of anilines is 3. The zero-order valence-electron chi connectivity index (χ0n) is 18.4. The van der Waals surface area contributed by atoms with Gasteiger partial charge in [-0.1, -0.05) is 13.8 Å². The molecule has 3 aliphatic rings. The smallest absolute Gasteiger partial charge is 0.232 e. The molecule has 166 valence electrons. The Bertz CT molecular complexity index is 718. The Hall–Kier alpha value is -1.67. The Balaban J connectivity index is 1.48. The van der Waals surface area contributed by atoms with Gasteiger partial charge in [0.25, 0.3) is 0 Å². The van der Waals surface area contributed by atoms with Crippen LogP contribution in [0.4, 0.5) is 17.6 Å². The van der Waals surface area contributed by atoms with Gasteiger partial charge in [-0.3, -0.25) is 0 Å². The summed E-state index contributed by atoms with van der Waals surface area (Å²) in [4.78, 5) is 14.5. The third kappa shape index (κ3) is 5.72. The molecule has 0 bridgehead atoms. The van der Waals surface area contributed by atoms with E-state index in [-0.39, 0.29) is 6.10 Å². The molecule has 4 rings (SSSR count). The van der Waals surface area contributed by atoms with E-state index >= 15 is 0 Å². The standard InChI is InChI=1S/C22H36N6OS/c1-16-7-10-27(11-8-16)19-13-20(28-9-3-5-17(2)15-28)25-21(24-19)26-22(30)23-14-18-6-4-12-29-18/h13,16-18H,3-12,14-15H2,1-2H3,(H2,23,24,25,26,30). The lowest BCUT2D eigenvalue weighted by Crippen LogP contribution is -2.38. The third-order valence-electron chi connectivity index (χ3n) is 6.53. The molecule has 1 aromatic rings. The summed E-state index contributed by atoms with van der Waals surface area (Å²) in [6, 6.07) is 2.17. The molecule has 0 radical (unpaired) electrons. The van der Waals surface area contributed by atoms with Crippen molar-refractivity contribution in [3.8, 4) is 0 Å². The van der Waals surface area contributed by atoms with Crippen molar-refractivity contribution in [2.45, 2.75) is 58.5 Å². The van der Waals surface area contributed by atoms with Crippen LogP contribution in [0.15, 0.2) is 6.07 Å². The predicted octanol–water partition coefficient (Wildman–Crippen LogP) is 3.41. The summed E-state index contributed by atoms with van der Waals surface area (Å²) >= 11 is 5.52. The first kappa shape index (κ1) is 21.6. The number of hydrogen-bond donors (Lipinski definition) is 2. The van der Waals surface area contributed by atoms with Gasteiger partial charge in [-0.05, 0) is 62.6 Å². The molecule has 2 atom stereocenters. The van der Waals surface area contributed by atoms with Crippen LogP contribution in [0, 0.1) is 11.8 Å². The highest BCUT2D eigenvalue weighted by atomic mass is 32.1. The molecule has 0 saturated carbocycles. The van der Waals surface area contributed by atoms with Crippen molar-refractivity contribution in [2.75, 3.05) is 54.4 Å². The van der Waals surface area contributed by atoms with Gasteiger partial charge in [-0.2, -0.15) is 9.97 Å². The van der Waals surface area contributed by atoms with Crippen LogP contribution >= 0.6 is 12.2 Å². The summed E-state index contributed by atoms with van der Waals surface area (Å²) < 4.78 is 5.67. The Morgan fingerprint density at radius 2 is 1.80 bits per heavy atom. The SMILES string of the molecule is CC1CCN(c2cc(N3CCCC(C)C3)nc(NC(=S)NCC3CCCO3)n2)CC1. The lowest BCUT2D eigenvalue weighted by molar-refractivity contribution is 0.114. The lowest BCUT2D eigenvalue weighted by Gasteiger charge is -2.34. The molecule has 1 aromatic heterocycles. The number of nitrogens with zero attached hydrogens (tertiary/aromatic N) is 4. The van der Waals surface area contributed by atoms with Gasteiger partial charge in [-0.15, -0.1) is 0 Å². The molecule has 3 fully saturated rings. The zero-order chi connectivity index (χ0) is 20.9. The average molecular weight is 433 g/mol. The van der Waals surface area contributed by atoms with Gasteiger partial charge >= 0.3 is 0 Å². The Kier molecular flexibility index (Phi) is 7.25. The van der Waals surface area contributed by atoms with E-state index in [0.29, 0.717) is 17.0 Å². The molecule has 8 heteroatoms. The second-order valence-electron chi connectivity index (χ2n) is 9.24. The molecule has 0 amide bonds. The maximum absolute atomic E-state index is 5.67. The molecule has 2 N–H and O–H groups in total. The fourth-order valence-corrected chi connectivity index (χ4v) is 4.77. The highest BCUT2D eigenvalue weighted by Gasteiger charge is 2.23. The molecule has 3 saturated heterocycles. The lowest BCUT2D eigenvalue weighted by atomic mass is 9.99. The number of thiocarbonyl (C=S) groups is 1. The number of nitrogens with one attached hydrogen (secondary N) is 2. The molecule has 0 aliphatic carbocycles. The van der Waals surface area contributed by atoms with E-state index in [0.717, 1.165) is 69.7 Å². The van der Waals surface area contributed by atoms with Crippen LogP contribution in [0.25, 0.3) is 0 Å². The van der Waals surface area contributed by atoms with Gasteiger partial charge in [0, 0.05) is 45.4 Å². The van der Waals surface area contributed by atoms with E-state index in [1.165, 1.54) is 25.7 Å². The van der Waals surface area contributed by atoms with Crippen LogP contribution in [-0.4, -0.2) is 60.5 Å².